The van der Waals surface area contributed by atoms with Gasteiger partial charge in [-0.3, -0.25) is 0 Å². The van der Waals surface area contributed by atoms with Crippen LogP contribution in [0.15, 0.2) is 64.6 Å². The zero-order chi connectivity index (χ0) is 16.7. The van der Waals surface area contributed by atoms with E-state index in [1.54, 1.807) is 31.2 Å². The molecule has 0 spiro atoms. The molecule has 0 aliphatic carbocycles. The van der Waals surface area contributed by atoms with Crippen molar-refractivity contribution in [2.45, 2.75) is 25.2 Å². The lowest BCUT2D eigenvalue weighted by Crippen LogP contribution is -2.21. The lowest BCUT2D eigenvalue weighted by Gasteiger charge is -2.07. The molecule has 0 aromatic heterocycles. The van der Waals surface area contributed by atoms with Gasteiger partial charge in [-0.1, -0.05) is 37.3 Å². The van der Waals surface area contributed by atoms with Crippen LogP contribution in [0.5, 0.6) is 5.75 Å². The molecule has 6 heteroatoms. The van der Waals surface area contributed by atoms with Gasteiger partial charge in [-0.15, -0.1) is 0 Å². The standard InChI is InChI=1S/C17H20N2O3S/c1-3-15-9-11-17(12-10-15)23(20,21)19-18-14(2)13-22-16-7-5-4-6-8-16/h4-12,19H,3,13H2,1-2H3/b18-14-. The Morgan fingerprint density at radius 1 is 1.09 bits per heavy atom. The first-order chi connectivity index (χ1) is 11.0. The third-order valence-corrected chi connectivity index (χ3v) is 4.41. The van der Waals surface area contributed by atoms with E-state index in [9.17, 15) is 8.42 Å². The molecule has 0 aliphatic heterocycles. The Morgan fingerprint density at radius 3 is 2.35 bits per heavy atom. The number of nitrogens with one attached hydrogen (secondary N) is 1. The third-order valence-electron chi connectivity index (χ3n) is 3.19. The molecular weight excluding hydrogens is 312 g/mol. The summed E-state index contributed by atoms with van der Waals surface area (Å²) >= 11 is 0. The highest BCUT2D eigenvalue weighted by Gasteiger charge is 2.12. The van der Waals surface area contributed by atoms with Crippen molar-refractivity contribution in [3.63, 3.8) is 0 Å². The zero-order valence-corrected chi connectivity index (χ0v) is 14.0. The quantitative estimate of drug-likeness (QED) is 0.626. The van der Waals surface area contributed by atoms with Crippen LogP contribution in [0.1, 0.15) is 19.4 Å². The topological polar surface area (TPSA) is 67.8 Å². The molecule has 0 saturated carbocycles. The zero-order valence-electron chi connectivity index (χ0n) is 13.2. The van der Waals surface area contributed by atoms with Gasteiger partial charge < -0.3 is 4.74 Å². The normalized spacial score (nSPS) is 12.0. The number of nitrogens with zero attached hydrogens (tertiary/aromatic N) is 1. The van der Waals surface area contributed by atoms with E-state index in [4.69, 9.17) is 4.74 Å². The molecule has 5 nitrogen and oxygen atoms in total. The van der Waals surface area contributed by atoms with E-state index < -0.39 is 10.0 Å². The molecule has 2 aromatic carbocycles. The van der Waals surface area contributed by atoms with E-state index in [2.05, 4.69) is 9.93 Å². The van der Waals surface area contributed by atoms with Crippen LogP contribution < -0.4 is 9.57 Å². The van der Waals surface area contributed by atoms with E-state index in [1.807, 2.05) is 37.3 Å². The average Bonchev–Trinajstić information content (AvgIpc) is 2.59. The van der Waals surface area contributed by atoms with Gasteiger partial charge >= 0.3 is 0 Å². The highest BCUT2D eigenvalue weighted by molar-refractivity contribution is 7.89. The van der Waals surface area contributed by atoms with E-state index in [0.717, 1.165) is 12.0 Å². The first-order valence-corrected chi connectivity index (χ1v) is 8.81. The minimum absolute atomic E-state index is 0.190. The van der Waals surface area contributed by atoms with Crippen molar-refractivity contribution in [2.24, 2.45) is 5.10 Å². The molecule has 2 aromatic rings. The summed E-state index contributed by atoms with van der Waals surface area (Å²) in [5, 5.41) is 3.88. The minimum atomic E-state index is -3.66. The largest absolute Gasteiger partial charge is 0.488 e. The van der Waals surface area contributed by atoms with E-state index in [1.165, 1.54) is 0 Å². The molecule has 0 atom stereocenters. The van der Waals surface area contributed by atoms with Gasteiger partial charge in [0.05, 0.1) is 10.6 Å². The molecule has 0 unspecified atom stereocenters. The summed E-state index contributed by atoms with van der Waals surface area (Å²) in [5.41, 5.74) is 1.61. The monoisotopic (exact) mass is 332 g/mol. The Hall–Kier alpha value is -2.34. The summed E-state index contributed by atoms with van der Waals surface area (Å²) in [4.78, 5) is 2.42. The maximum absolute atomic E-state index is 12.2. The number of ether oxygens (including phenoxy) is 1. The summed E-state index contributed by atoms with van der Waals surface area (Å²) < 4.78 is 29.8. The summed E-state index contributed by atoms with van der Waals surface area (Å²) in [6.45, 7) is 3.93. The first kappa shape index (κ1) is 17.0. The Labute approximate surface area is 137 Å². The molecule has 122 valence electrons. The van der Waals surface area contributed by atoms with Crippen molar-refractivity contribution in [1.82, 2.24) is 4.83 Å². The van der Waals surface area contributed by atoms with Crippen LogP contribution in [-0.4, -0.2) is 20.7 Å². The van der Waals surface area contributed by atoms with Crippen LogP contribution in [0.2, 0.25) is 0 Å². The van der Waals surface area contributed by atoms with E-state index >= 15 is 0 Å². The highest BCUT2D eigenvalue weighted by atomic mass is 32.2. The van der Waals surface area contributed by atoms with E-state index in [-0.39, 0.29) is 11.5 Å². The molecule has 23 heavy (non-hydrogen) atoms. The molecule has 0 aliphatic rings. The van der Waals surface area contributed by atoms with Crippen LogP contribution in [0.4, 0.5) is 0 Å². The van der Waals surface area contributed by atoms with Gasteiger partial charge in [0.1, 0.15) is 12.4 Å². The predicted octanol–water partition coefficient (Wildman–Crippen LogP) is 2.98. The second-order valence-corrected chi connectivity index (χ2v) is 6.70. The highest BCUT2D eigenvalue weighted by Crippen LogP contribution is 2.11. The maximum atomic E-state index is 12.2. The molecule has 1 N–H and O–H groups in total. The van der Waals surface area contributed by atoms with Crippen molar-refractivity contribution in [3.05, 3.63) is 60.2 Å². The Bertz CT molecular complexity index is 754. The van der Waals surface area contributed by atoms with Crippen LogP contribution in [0.3, 0.4) is 0 Å². The maximum Gasteiger partial charge on any atom is 0.276 e. The van der Waals surface area contributed by atoms with Gasteiger partial charge in [-0.2, -0.15) is 13.5 Å². The van der Waals surface area contributed by atoms with Gasteiger partial charge in [0, 0.05) is 0 Å². The van der Waals surface area contributed by atoms with Gasteiger partial charge in [0.15, 0.2) is 0 Å². The summed E-state index contributed by atoms with van der Waals surface area (Å²) in [7, 11) is -3.66. The number of hydrogen-bond acceptors (Lipinski definition) is 4. The van der Waals surface area contributed by atoms with Crippen molar-refractivity contribution in [2.75, 3.05) is 6.61 Å². The number of para-hydroxylation sites is 1. The molecule has 0 bridgehead atoms. The summed E-state index contributed by atoms with van der Waals surface area (Å²) in [6.07, 6.45) is 0.863. The summed E-state index contributed by atoms with van der Waals surface area (Å²) in [6, 6.07) is 16.0. The van der Waals surface area contributed by atoms with Crippen molar-refractivity contribution in [1.29, 1.82) is 0 Å². The lowest BCUT2D eigenvalue weighted by molar-refractivity contribution is 0.375. The number of benzene rings is 2. The smallest absolute Gasteiger partial charge is 0.276 e. The number of hydrazone groups is 1. The number of sulfonamides is 1. The first-order valence-electron chi connectivity index (χ1n) is 7.33. The predicted molar refractivity (Wildman–Crippen MR) is 91.2 cm³/mol. The van der Waals surface area contributed by atoms with Crippen molar-refractivity contribution < 1.29 is 13.2 Å². The molecule has 2 rings (SSSR count). The minimum Gasteiger partial charge on any atom is -0.488 e. The van der Waals surface area contributed by atoms with Crippen LogP contribution in [-0.2, 0) is 16.4 Å². The second-order valence-electron chi connectivity index (χ2n) is 5.04. The van der Waals surface area contributed by atoms with Crippen molar-refractivity contribution in [3.8, 4) is 5.75 Å². The van der Waals surface area contributed by atoms with Gasteiger partial charge in [0.25, 0.3) is 10.0 Å². The summed E-state index contributed by atoms with van der Waals surface area (Å²) in [5.74, 6) is 0.708. The molecule has 0 amide bonds. The molecule has 0 saturated heterocycles. The average molecular weight is 332 g/mol. The third kappa shape index (κ3) is 5.10. The van der Waals surface area contributed by atoms with E-state index in [0.29, 0.717) is 11.5 Å². The van der Waals surface area contributed by atoms with Crippen molar-refractivity contribution >= 4 is 15.7 Å². The fourth-order valence-corrected chi connectivity index (χ4v) is 2.71. The second kappa shape index (κ2) is 7.78. The van der Waals surface area contributed by atoms with Crippen LogP contribution >= 0.6 is 0 Å². The molecule has 0 heterocycles. The number of aryl methyl sites for hydroxylation is 1. The number of hydrogen-bond donors (Lipinski definition) is 1. The molecule has 0 fully saturated rings. The molecular formula is C17H20N2O3S. The van der Waals surface area contributed by atoms with Gasteiger partial charge in [0.2, 0.25) is 0 Å². The lowest BCUT2D eigenvalue weighted by atomic mass is 10.2. The Morgan fingerprint density at radius 2 is 1.74 bits per heavy atom. The number of rotatable bonds is 7. The fourth-order valence-electron chi connectivity index (χ4n) is 1.83. The Kier molecular flexibility index (Phi) is 5.76. The SMILES string of the molecule is CCc1ccc(S(=O)(=O)N/N=C(/C)COc2ccccc2)cc1. The Balaban J connectivity index is 1.96. The molecule has 0 radical (unpaired) electrons. The van der Waals surface area contributed by atoms with Gasteiger partial charge in [-0.25, -0.2) is 4.83 Å². The van der Waals surface area contributed by atoms with Gasteiger partial charge in [-0.05, 0) is 43.2 Å². The van der Waals surface area contributed by atoms with Crippen LogP contribution in [0, 0.1) is 0 Å². The van der Waals surface area contributed by atoms with Crippen LogP contribution in [0.25, 0.3) is 0 Å². The fraction of sp³-hybridized carbons (Fsp3) is 0.235.